The largest absolute Gasteiger partial charge is 0.464 e. The smallest absolute Gasteiger partial charge is 0.197 e. The maximum atomic E-state index is 13.1. The third-order valence-corrected chi connectivity index (χ3v) is 6.59. The molecule has 0 saturated heterocycles. The van der Waals surface area contributed by atoms with E-state index >= 15 is 0 Å². The lowest BCUT2D eigenvalue weighted by Crippen LogP contribution is -2.49. The van der Waals surface area contributed by atoms with Gasteiger partial charge < -0.3 is 10.2 Å². The molecule has 0 bridgehead atoms. The molecule has 0 saturated carbocycles. The molecule has 2 aromatic carbocycles. The molecule has 0 aliphatic heterocycles. The standard InChI is InChI=1S/C18H19NO3S/c1-2-18(19,13-14-6-4-3-5-7-14)23(20,21)16-8-9-17-15(12-16)10-11-22-17/h3-12H,2,13,19H2,1H3. The topological polar surface area (TPSA) is 73.3 Å². The second kappa shape index (κ2) is 5.83. The third-order valence-electron chi connectivity index (χ3n) is 4.21. The van der Waals surface area contributed by atoms with Gasteiger partial charge in [0.2, 0.25) is 0 Å². The van der Waals surface area contributed by atoms with Gasteiger partial charge in [0.05, 0.1) is 11.2 Å². The van der Waals surface area contributed by atoms with E-state index in [2.05, 4.69) is 0 Å². The predicted octanol–water partition coefficient (Wildman–Crippen LogP) is 3.51. The first-order chi connectivity index (χ1) is 11.0. The van der Waals surface area contributed by atoms with Crippen LogP contribution in [0.5, 0.6) is 0 Å². The lowest BCUT2D eigenvalue weighted by atomic mass is 10.0. The fourth-order valence-corrected chi connectivity index (χ4v) is 4.43. The van der Waals surface area contributed by atoms with Crippen molar-refractivity contribution in [3.05, 3.63) is 66.4 Å². The molecule has 0 amide bonds. The number of sulfone groups is 1. The highest BCUT2D eigenvalue weighted by atomic mass is 32.2. The van der Waals surface area contributed by atoms with E-state index in [1.54, 1.807) is 37.5 Å². The Hall–Kier alpha value is -2.11. The molecule has 1 aromatic heterocycles. The minimum Gasteiger partial charge on any atom is -0.464 e. The maximum absolute atomic E-state index is 13.1. The van der Waals surface area contributed by atoms with Crippen molar-refractivity contribution in [1.82, 2.24) is 0 Å². The number of hydrogen-bond donors (Lipinski definition) is 1. The molecule has 2 N–H and O–H groups in total. The van der Waals surface area contributed by atoms with Crippen LogP contribution >= 0.6 is 0 Å². The Balaban J connectivity index is 2.04. The summed E-state index contributed by atoms with van der Waals surface area (Å²) >= 11 is 0. The van der Waals surface area contributed by atoms with Gasteiger partial charge in [0.15, 0.2) is 9.84 Å². The summed E-state index contributed by atoms with van der Waals surface area (Å²) in [6.07, 6.45) is 2.14. The van der Waals surface area contributed by atoms with E-state index in [0.717, 1.165) is 10.9 Å². The number of hydrogen-bond acceptors (Lipinski definition) is 4. The first-order valence-corrected chi connectivity index (χ1v) is 8.99. The van der Waals surface area contributed by atoms with Crippen molar-refractivity contribution in [1.29, 1.82) is 0 Å². The Labute approximate surface area is 135 Å². The van der Waals surface area contributed by atoms with Crippen LogP contribution in [-0.2, 0) is 16.3 Å². The van der Waals surface area contributed by atoms with Gasteiger partial charge >= 0.3 is 0 Å². The normalized spacial score (nSPS) is 14.7. The molecule has 1 atom stereocenters. The zero-order valence-corrected chi connectivity index (χ0v) is 13.7. The molecule has 3 aromatic rings. The molecule has 4 nitrogen and oxygen atoms in total. The van der Waals surface area contributed by atoms with Crippen LogP contribution in [0.4, 0.5) is 0 Å². The van der Waals surface area contributed by atoms with Gasteiger partial charge in [-0.3, -0.25) is 0 Å². The monoisotopic (exact) mass is 329 g/mol. The van der Waals surface area contributed by atoms with Gasteiger partial charge in [0.1, 0.15) is 10.5 Å². The van der Waals surface area contributed by atoms with Crippen LogP contribution in [0.25, 0.3) is 11.0 Å². The van der Waals surface area contributed by atoms with Gasteiger partial charge in [-0.05, 0) is 36.2 Å². The van der Waals surface area contributed by atoms with E-state index in [4.69, 9.17) is 10.2 Å². The average Bonchev–Trinajstić information content (AvgIpc) is 3.03. The zero-order valence-electron chi connectivity index (χ0n) is 12.9. The van der Waals surface area contributed by atoms with Crippen molar-refractivity contribution in [3.63, 3.8) is 0 Å². The summed E-state index contributed by atoms with van der Waals surface area (Å²) in [5, 5.41) is 0.754. The Bertz CT molecular complexity index is 916. The summed E-state index contributed by atoms with van der Waals surface area (Å²) in [5.41, 5.74) is 7.91. The summed E-state index contributed by atoms with van der Waals surface area (Å²) in [7, 11) is -3.68. The van der Waals surface area contributed by atoms with E-state index in [0.29, 0.717) is 12.0 Å². The fourth-order valence-electron chi connectivity index (χ4n) is 2.70. The summed E-state index contributed by atoms with van der Waals surface area (Å²) < 4.78 is 31.5. The summed E-state index contributed by atoms with van der Waals surface area (Å²) in [5.74, 6) is 0. The lowest BCUT2D eigenvalue weighted by Gasteiger charge is -2.28. The van der Waals surface area contributed by atoms with Gasteiger partial charge in [0, 0.05) is 11.8 Å². The number of furan rings is 1. The molecule has 23 heavy (non-hydrogen) atoms. The fraction of sp³-hybridized carbons (Fsp3) is 0.222. The second-order valence-electron chi connectivity index (χ2n) is 5.70. The van der Waals surface area contributed by atoms with Crippen molar-refractivity contribution >= 4 is 20.8 Å². The third kappa shape index (κ3) is 2.78. The quantitative estimate of drug-likeness (QED) is 0.777. The van der Waals surface area contributed by atoms with Crippen LogP contribution in [0.1, 0.15) is 18.9 Å². The van der Waals surface area contributed by atoms with Gasteiger partial charge in [-0.25, -0.2) is 8.42 Å². The molecule has 0 aliphatic rings. The molecule has 1 unspecified atom stereocenters. The van der Waals surface area contributed by atoms with Gasteiger partial charge in [-0.15, -0.1) is 0 Å². The molecule has 0 fully saturated rings. The molecule has 0 radical (unpaired) electrons. The van der Waals surface area contributed by atoms with Crippen molar-refractivity contribution < 1.29 is 12.8 Å². The number of fused-ring (bicyclic) bond motifs is 1. The Kier molecular flexibility index (Phi) is 4.00. The molecular weight excluding hydrogens is 310 g/mol. The molecule has 0 aliphatic carbocycles. The lowest BCUT2D eigenvalue weighted by molar-refractivity contribution is 0.499. The summed E-state index contributed by atoms with van der Waals surface area (Å²) in [6.45, 7) is 1.80. The van der Waals surface area contributed by atoms with Crippen LogP contribution in [0.15, 0.2) is 70.2 Å². The number of rotatable bonds is 5. The Morgan fingerprint density at radius 1 is 1.09 bits per heavy atom. The van der Waals surface area contributed by atoms with Crippen LogP contribution in [0.3, 0.4) is 0 Å². The maximum Gasteiger partial charge on any atom is 0.197 e. The summed E-state index contributed by atoms with van der Waals surface area (Å²) in [4.78, 5) is -1.11. The van der Waals surface area contributed by atoms with Crippen LogP contribution in [-0.4, -0.2) is 13.3 Å². The highest BCUT2D eigenvalue weighted by Crippen LogP contribution is 2.30. The number of nitrogens with two attached hydrogens (primary N) is 1. The van der Waals surface area contributed by atoms with Crippen LogP contribution in [0, 0.1) is 0 Å². The minimum absolute atomic E-state index is 0.228. The minimum atomic E-state index is -3.68. The Morgan fingerprint density at radius 3 is 2.52 bits per heavy atom. The average molecular weight is 329 g/mol. The van der Waals surface area contributed by atoms with E-state index in [1.807, 2.05) is 30.3 Å². The van der Waals surface area contributed by atoms with Gasteiger partial charge in [-0.1, -0.05) is 37.3 Å². The zero-order chi connectivity index (χ0) is 16.5. The van der Waals surface area contributed by atoms with E-state index in [9.17, 15) is 8.42 Å². The molecular formula is C18H19NO3S. The van der Waals surface area contributed by atoms with E-state index in [-0.39, 0.29) is 11.3 Å². The second-order valence-corrected chi connectivity index (χ2v) is 8.00. The van der Waals surface area contributed by atoms with Crippen LogP contribution < -0.4 is 5.73 Å². The molecule has 5 heteroatoms. The van der Waals surface area contributed by atoms with Crippen molar-refractivity contribution in [3.8, 4) is 0 Å². The SMILES string of the molecule is CCC(N)(Cc1ccccc1)S(=O)(=O)c1ccc2occc2c1. The van der Waals surface area contributed by atoms with E-state index < -0.39 is 14.7 Å². The Morgan fingerprint density at radius 2 is 1.83 bits per heavy atom. The molecule has 3 rings (SSSR count). The van der Waals surface area contributed by atoms with Crippen molar-refractivity contribution in [2.75, 3.05) is 0 Å². The first-order valence-electron chi connectivity index (χ1n) is 7.51. The first kappa shape index (κ1) is 15.8. The van der Waals surface area contributed by atoms with E-state index in [1.165, 1.54) is 0 Å². The van der Waals surface area contributed by atoms with Crippen molar-refractivity contribution in [2.45, 2.75) is 29.5 Å². The van der Waals surface area contributed by atoms with Crippen molar-refractivity contribution in [2.24, 2.45) is 5.73 Å². The number of benzene rings is 2. The van der Waals surface area contributed by atoms with Gasteiger partial charge in [0.25, 0.3) is 0 Å². The van der Waals surface area contributed by atoms with Gasteiger partial charge in [-0.2, -0.15) is 0 Å². The highest BCUT2D eigenvalue weighted by Gasteiger charge is 2.39. The van der Waals surface area contributed by atoms with Crippen LogP contribution in [0.2, 0.25) is 0 Å². The summed E-state index contributed by atoms with van der Waals surface area (Å²) in [6, 6.07) is 16.1. The highest BCUT2D eigenvalue weighted by molar-refractivity contribution is 7.92. The molecule has 0 spiro atoms. The molecule has 1 heterocycles. The molecule has 120 valence electrons. The predicted molar refractivity (Wildman–Crippen MR) is 90.8 cm³/mol.